The molecule has 0 fully saturated rings. The Morgan fingerprint density at radius 2 is 2.30 bits per heavy atom. The van der Waals surface area contributed by atoms with Crippen LogP contribution < -0.4 is 5.56 Å². The molecule has 0 unspecified atom stereocenters. The van der Waals surface area contributed by atoms with Gasteiger partial charge in [0.15, 0.2) is 5.16 Å². The Kier molecular flexibility index (Phi) is 5.19. The largest absolute Gasteiger partial charge is 0.396 e. The van der Waals surface area contributed by atoms with Gasteiger partial charge in [0, 0.05) is 38.7 Å². The Hall–Kier alpha value is -1.34. The summed E-state index contributed by atoms with van der Waals surface area (Å²) in [6, 6.07) is 0. The number of aliphatic hydroxyl groups excluding tert-OH is 1. The van der Waals surface area contributed by atoms with Crippen LogP contribution in [0.1, 0.15) is 29.6 Å². The molecule has 0 radical (unpaired) electrons. The van der Waals surface area contributed by atoms with E-state index in [0.29, 0.717) is 18.2 Å². The summed E-state index contributed by atoms with van der Waals surface area (Å²) in [5.74, 6) is 0.551. The molecule has 0 saturated heterocycles. The van der Waals surface area contributed by atoms with Gasteiger partial charge in [0.1, 0.15) is 5.56 Å². The van der Waals surface area contributed by atoms with Gasteiger partial charge in [-0.3, -0.25) is 14.2 Å². The van der Waals surface area contributed by atoms with Crippen molar-refractivity contribution < 1.29 is 9.90 Å². The molecule has 1 aromatic heterocycles. The molecule has 0 bridgehead atoms. The molecule has 110 valence electrons. The van der Waals surface area contributed by atoms with Gasteiger partial charge in [-0.15, -0.1) is 0 Å². The zero-order valence-corrected chi connectivity index (χ0v) is 12.4. The van der Waals surface area contributed by atoms with Crippen molar-refractivity contribution in [1.82, 2.24) is 14.5 Å². The maximum Gasteiger partial charge on any atom is 0.267 e. The summed E-state index contributed by atoms with van der Waals surface area (Å²) in [7, 11) is 1.69. The minimum absolute atomic E-state index is 0.140. The van der Waals surface area contributed by atoms with Gasteiger partial charge in [0.2, 0.25) is 0 Å². The minimum atomic E-state index is -0.279. The SMILES string of the molecule is CN(CCCCCO)C(=O)c1cnc2n(c1=O)CCS2. The van der Waals surface area contributed by atoms with E-state index in [1.54, 1.807) is 16.5 Å². The number of unbranched alkanes of at least 4 members (excludes halogenated alkanes) is 2. The number of rotatable bonds is 6. The fourth-order valence-corrected chi connectivity index (χ4v) is 3.02. The molecule has 0 atom stereocenters. The van der Waals surface area contributed by atoms with E-state index >= 15 is 0 Å². The molecule has 20 heavy (non-hydrogen) atoms. The molecule has 0 saturated carbocycles. The van der Waals surface area contributed by atoms with Crippen molar-refractivity contribution in [2.24, 2.45) is 0 Å². The third-order valence-electron chi connectivity index (χ3n) is 3.29. The van der Waals surface area contributed by atoms with E-state index in [2.05, 4.69) is 4.98 Å². The van der Waals surface area contributed by atoms with Crippen LogP contribution in [0.3, 0.4) is 0 Å². The molecule has 6 nitrogen and oxygen atoms in total. The lowest BCUT2D eigenvalue weighted by Gasteiger charge is -2.17. The molecule has 1 aliphatic rings. The fourth-order valence-electron chi connectivity index (χ4n) is 2.11. The van der Waals surface area contributed by atoms with Gasteiger partial charge >= 0.3 is 0 Å². The van der Waals surface area contributed by atoms with Gasteiger partial charge in [-0.25, -0.2) is 4.98 Å². The smallest absolute Gasteiger partial charge is 0.267 e. The summed E-state index contributed by atoms with van der Waals surface area (Å²) in [4.78, 5) is 30.2. The highest BCUT2D eigenvalue weighted by atomic mass is 32.2. The van der Waals surface area contributed by atoms with E-state index in [1.165, 1.54) is 18.0 Å². The van der Waals surface area contributed by atoms with E-state index in [4.69, 9.17) is 5.11 Å². The summed E-state index contributed by atoms with van der Waals surface area (Å²) in [5, 5.41) is 9.40. The van der Waals surface area contributed by atoms with Crippen LogP contribution >= 0.6 is 11.8 Å². The minimum Gasteiger partial charge on any atom is -0.396 e. The number of nitrogens with zero attached hydrogens (tertiary/aromatic N) is 3. The van der Waals surface area contributed by atoms with Gasteiger partial charge in [0.25, 0.3) is 11.5 Å². The van der Waals surface area contributed by atoms with Crippen molar-refractivity contribution in [2.45, 2.75) is 31.0 Å². The van der Waals surface area contributed by atoms with E-state index in [-0.39, 0.29) is 23.6 Å². The third kappa shape index (κ3) is 3.21. The van der Waals surface area contributed by atoms with Crippen LogP contribution in [-0.2, 0) is 6.54 Å². The summed E-state index contributed by atoms with van der Waals surface area (Å²) in [6.07, 6.45) is 3.81. The highest BCUT2D eigenvalue weighted by molar-refractivity contribution is 7.99. The lowest BCUT2D eigenvalue weighted by atomic mass is 10.2. The lowest BCUT2D eigenvalue weighted by Crippen LogP contribution is -2.35. The van der Waals surface area contributed by atoms with Crippen molar-refractivity contribution in [3.63, 3.8) is 0 Å². The molecular formula is C13H19N3O3S. The van der Waals surface area contributed by atoms with Crippen LogP contribution in [0, 0.1) is 0 Å². The average Bonchev–Trinajstić information content (AvgIpc) is 2.92. The summed E-state index contributed by atoms with van der Waals surface area (Å²) in [5.41, 5.74) is -0.104. The summed E-state index contributed by atoms with van der Waals surface area (Å²) in [6.45, 7) is 1.37. The molecule has 1 amide bonds. The van der Waals surface area contributed by atoms with E-state index in [1.807, 2.05) is 0 Å². The van der Waals surface area contributed by atoms with E-state index in [9.17, 15) is 9.59 Å². The Balaban J connectivity index is 2.04. The predicted molar refractivity (Wildman–Crippen MR) is 77.1 cm³/mol. The van der Waals surface area contributed by atoms with Crippen molar-refractivity contribution >= 4 is 17.7 Å². The third-order valence-corrected chi connectivity index (χ3v) is 4.26. The number of aromatic nitrogens is 2. The molecule has 1 aliphatic heterocycles. The van der Waals surface area contributed by atoms with Gasteiger partial charge in [-0.05, 0) is 19.3 Å². The summed E-state index contributed by atoms with van der Waals surface area (Å²) < 4.78 is 1.57. The van der Waals surface area contributed by atoms with Crippen LogP contribution in [0.4, 0.5) is 0 Å². The van der Waals surface area contributed by atoms with E-state index in [0.717, 1.165) is 25.0 Å². The molecule has 0 spiro atoms. The molecular weight excluding hydrogens is 278 g/mol. The zero-order chi connectivity index (χ0) is 14.5. The first kappa shape index (κ1) is 15.1. The van der Waals surface area contributed by atoms with Crippen LogP contribution in [0.25, 0.3) is 0 Å². The van der Waals surface area contributed by atoms with E-state index < -0.39 is 0 Å². The maximum atomic E-state index is 12.2. The zero-order valence-electron chi connectivity index (χ0n) is 11.5. The first-order chi connectivity index (χ1) is 9.65. The molecule has 0 aliphatic carbocycles. The first-order valence-electron chi connectivity index (χ1n) is 6.74. The molecule has 7 heteroatoms. The number of carbonyl (C=O) groups excluding carboxylic acids is 1. The highest BCUT2D eigenvalue weighted by Gasteiger charge is 2.21. The molecule has 0 aromatic carbocycles. The standard InChI is InChI=1S/C13H19N3O3S/c1-15(5-3-2-4-7-17)11(18)10-9-14-13-16(12(10)19)6-8-20-13/h9,17H,2-8H2,1H3. The monoisotopic (exact) mass is 297 g/mol. The van der Waals surface area contributed by atoms with Gasteiger partial charge in [0.05, 0.1) is 0 Å². The normalized spacial score (nSPS) is 13.3. The number of amides is 1. The van der Waals surface area contributed by atoms with Crippen LogP contribution in [0.2, 0.25) is 0 Å². The van der Waals surface area contributed by atoms with Gasteiger partial charge < -0.3 is 10.0 Å². The van der Waals surface area contributed by atoms with Crippen LogP contribution in [-0.4, -0.2) is 51.4 Å². The quantitative estimate of drug-likeness (QED) is 0.614. The second kappa shape index (κ2) is 6.90. The molecule has 2 heterocycles. The Morgan fingerprint density at radius 1 is 1.50 bits per heavy atom. The second-order valence-electron chi connectivity index (χ2n) is 4.77. The second-order valence-corrected chi connectivity index (χ2v) is 5.83. The van der Waals surface area contributed by atoms with Gasteiger partial charge in [-0.2, -0.15) is 0 Å². The van der Waals surface area contributed by atoms with Gasteiger partial charge in [-0.1, -0.05) is 11.8 Å². The lowest BCUT2D eigenvalue weighted by molar-refractivity contribution is 0.0789. The number of fused-ring (bicyclic) bond motifs is 1. The molecule has 1 aromatic rings. The number of hydrogen-bond donors (Lipinski definition) is 1. The van der Waals surface area contributed by atoms with Crippen molar-refractivity contribution in [2.75, 3.05) is 26.0 Å². The van der Waals surface area contributed by atoms with Crippen LogP contribution in [0.15, 0.2) is 16.1 Å². The number of hydrogen-bond acceptors (Lipinski definition) is 5. The van der Waals surface area contributed by atoms with Crippen molar-refractivity contribution in [1.29, 1.82) is 0 Å². The fraction of sp³-hybridized carbons (Fsp3) is 0.615. The predicted octanol–water partition coefficient (Wildman–Crippen LogP) is 0.584. The topological polar surface area (TPSA) is 75.4 Å². The van der Waals surface area contributed by atoms with Crippen molar-refractivity contribution in [3.05, 3.63) is 22.1 Å². The summed E-state index contributed by atoms with van der Waals surface area (Å²) >= 11 is 1.53. The molecule has 1 N–H and O–H groups in total. The number of thioether (sulfide) groups is 1. The maximum absolute atomic E-state index is 12.2. The Bertz CT molecular complexity index is 544. The Labute approximate surface area is 121 Å². The number of aliphatic hydroxyl groups is 1. The molecule has 2 rings (SSSR count). The van der Waals surface area contributed by atoms with Crippen LogP contribution in [0.5, 0.6) is 0 Å². The number of carbonyl (C=O) groups is 1. The average molecular weight is 297 g/mol. The van der Waals surface area contributed by atoms with Crippen molar-refractivity contribution in [3.8, 4) is 0 Å². The highest BCUT2D eigenvalue weighted by Crippen LogP contribution is 2.20. The first-order valence-corrected chi connectivity index (χ1v) is 7.72. The Morgan fingerprint density at radius 3 is 3.05 bits per heavy atom.